The molecule has 150 valence electrons. The Labute approximate surface area is 171 Å². The van der Waals surface area contributed by atoms with Crippen LogP contribution in [0.25, 0.3) is 0 Å². The molecule has 6 heteroatoms. The molecule has 3 rings (SSSR count). The van der Waals surface area contributed by atoms with Gasteiger partial charge in [-0.25, -0.2) is 9.97 Å². The molecule has 2 N–H and O–H groups in total. The fourth-order valence-electron chi connectivity index (χ4n) is 2.87. The van der Waals surface area contributed by atoms with Crippen LogP contribution < -0.4 is 15.4 Å². The van der Waals surface area contributed by atoms with Crippen LogP contribution in [-0.2, 0) is 6.54 Å². The molecular weight excluding hydrogens is 364 g/mol. The van der Waals surface area contributed by atoms with Gasteiger partial charge in [-0.2, -0.15) is 0 Å². The number of nitrogens with zero attached hydrogens (tertiary/aromatic N) is 2. The van der Waals surface area contributed by atoms with Crippen LogP contribution in [-0.4, -0.2) is 22.0 Å². The maximum atomic E-state index is 12.6. The van der Waals surface area contributed by atoms with Gasteiger partial charge in [0.15, 0.2) is 0 Å². The van der Waals surface area contributed by atoms with Crippen LogP contribution in [0.4, 0.5) is 11.5 Å². The van der Waals surface area contributed by atoms with Crippen molar-refractivity contribution in [1.82, 2.24) is 9.97 Å². The molecular formula is C23H26N4O2. The molecule has 0 atom stereocenters. The van der Waals surface area contributed by atoms with Gasteiger partial charge < -0.3 is 15.4 Å². The Morgan fingerprint density at radius 3 is 2.48 bits per heavy atom. The average molecular weight is 390 g/mol. The number of nitrogens with one attached hydrogen (secondary N) is 2. The summed E-state index contributed by atoms with van der Waals surface area (Å²) < 4.78 is 5.62. The van der Waals surface area contributed by atoms with E-state index in [1.165, 1.54) is 5.56 Å². The molecule has 0 radical (unpaired) electrons. The zero-order chi connectivity index (χ0) is 20.8. The minimum absolute atomic E-state index is 0.102. The number of hydrogen-bond acceptors (Lipinski definition) is 5. The number of amides is 1. The highest BCUT2D eigenvalue weighted by Gasteiger charge is 2.11. The van der Waals surface area contributed by atoms with Gasteiger partial charge in [0.1, 0.15) is 23.1 Å². The molecule has 0 saturated carbocycles. The van der Waals surface area contributed by atoms with Crippen molar-refractivity contribution in [2.75, 3.05) is 10.6 Å². The van der Waals surface area contributed by atoms with Gasteiger partial charge in [0.05, 0.1) is 6.10 Å². The van der Waals surface area contributed by atoms with Crippen LogP contribution in [0.5, 0.6) is 5.75 Å². The van der Waals surface area contributed by atoms with E-state index in [2.05, 4.69) is 39.7 Å². The molecule has 0 aliphatic carbocycles. The second-order valence-electron chi connectivity index (χ2n) is 7.17. The molecule has 1 aromatic heterocycles. The van der Waals surface area contributed by atoms with Gasteiger partial charge in [-0.15, -0.1) is 0 Å². The largest absolute Gasteiger partial charge is 0.491 e. The Morgan fingerprint density at radius 1 is 1.03 bits per heavy atom. The summed E-state index contributed by atoms with van der Waals surface area (Å²) in [6, 6.07) is 17.2. The summed E-state index contributed by atoms with van der Waals surface area (Å²) in [7, 11) is 0. The number of rotatable bonds is 7. The first-order chi connectivity index (χ1) is 13.9. The van der Waals surface area contributed by atoms with Crippen LogP contribution in [0.2, 0.25) is 0 Å². The maximum absolute atomic E-state index is 12.6. The van der Waals surface area contributed by atoms with Crippen LogP contribution >= 0.6 is 0 Å². The van der Waals surface area contributed by atoms with Crippen molar-refractivity contribution < 1.29 is 9.53 Å². The lowest BCUT2D eigenvalue weighted by atomic mass is 10.1. The molecule has 1 heterocycles. The number of aryl methyl sites for hydroxylation is 2. The van der Waals surface area contributed by atoms with E-state index in [-0.39, 0.29) is 12.0 Å². The van der Waals surface area contributed by atoms with E-state index in [0.29, 0.717) is 29.6 Å². The Morgan fingerprint density at radius 2 is 1.79 bits per heavy atom. The van der Waals surface area contributed by atoms with E-state index in [4.69, 9.17) is 4.74 Å². The minimum atomic E-state index is -0.286. The van der Waals surface area contributed by atoms with E-state index >= 15 is 0 Å². The minimum Gasteiger partial charge on any atom is -0.491 e. The highest BCUT2D eigenvalue weighted by molar-refractivity contribution is 6.03. The van der Waals surface area contributed by atoms with Crippen molar-refractivity contribution in [3.05, 3.63) is 77.2 Å². The third-order valence-electron chi connectivity index (χ3n) is 4.11. The lowest BCUT2D eigenvalue weighted by Gasteiger charge is -2.11. The number of aromatic nitrogens is 2. The van der Waals surface area contributed by atoms with Crippen LogP contribution in [0.1, 0.15) is 41.3 Å². The number of carbonyl (C=O) groups excluding carboxylic acids is 1. The summed E-state index contributed by atoms with van der Waals surface area (Å²) in [5, 5.41) is 6.13. The zero-order valence-corrected chi connectivity index (χ0v) is 17.2. The molecule has 29 heavy (non-hydrogen) atoms. The summed E-state index contributed by atoms with van der Waals surface area (Å²) in [4.78, 5) is 21.3. The molecule has 1 amide bonds. The molecule has 0 aliphatic rings. The quantitative estimate of drug-likeness (QED) is 0.609. The standard InChI is InChI=1S/C23H26N4O2/c1-15(2)29-20-10-8-19(9-11-20)27-23(28)21-13-22(26-17(4)25-21)24-14-18-7-5-6-16(3)12-18/h5-13,15H,14H2,1-4H3,(H,27,28)(H,24,25,26). The topological polar surface area (TPSA) is 76.1 Å². The summed E-state index contributed by atoms with van der Waals surface area (Å²) >= 11 is 0. The summed E-state index contributed by atoms with van der Waals surface area (Å²) in [6.07, 6.45) is 0.102. The maximum Gasteiger partial charge on any atom is 0.274 e. The molecule has 0 saturated heterocycles. The summed E-state index contributed by atoms with van der Waals surface area (Å²) in [5.41, 5.74) is 3.34. The van der Waals surface area contributed by atoms with Gasteiger partial charge in [-0.3, -0.25) is 4.79 Å². The molecule has 6 nitrogen and oxygen atoms in total. The Hall–Kier alpha value is -3.41. The van der Waals surface area contributed by atoms with Gasteiger partial charge in [0.2, 0.25) is 0 Å². The first-order valence-corrected chi connectivity index (χ1v) is 9.62. The van der Waals surface area contributed by atoms with E-state index in [1.807, 2.05) is 38.1 Å². The van der Waals surface area contributed by atoms with Crippen molar-refractivity contribution in [3.8, 4) is 5.75 Å². The lowest BCUT2D eigenvalue weighted by Crippen LogP contribution is -2.16. The zero-order valence-electron chi connectivity index (χ0n) is 17.2. The van der Waals surface area contributed by atoms with Crippen molar-refractivity contribution in [1.29, 1.82) is 0 Å². The van der Waals surface area contributed by atoms with Crippen LogP contribution in [0.15, 0.2) is 54.6 Å². The van der Waals surface area contributed by atoms with Gasteiger partial charge in [-0.05, 0) is 57.5 Å². The van der Waals surface area contributed by atoms with E-state index < -0.39 is 0 Å². The SMILES string of the molecule is Cc1cccc(CNc2cc(C(=O)Nc3ccc(OC(C)C)cc3)nc(C)n2)c1. The van der Waals surface area contributed by atoms with Crippen molar-refractivity contribution in [3.63, 3.8) is 0 Å². The first kappa shape index (κ1) is 20.3. The molecule has 0 aliphatic heterocycles. The molecule has 2 aromatic carbocycles. The highest BCUT2D eigenvalue weighted by Crippen LogP contribution is 2.18. The number of anilines is 2. The van der Waals surface area contributed by atoms with Gasteiger partial charge in [-0.1, -0.05) is 29.8 Å². The fraction of sp³-hybridized carbons (Fsp3) is 0.261. The number of carbonyl (C=O) groups is 1. The van der Waals surface area contributed by atoms with Gasteiger partial charge in [0.25, 0.3) is 5.91 Å². The predicted octanol–water partition coefficient (Wildman–Crippen LogP) is 4.75. The summed E-state index contributed by atoms with van der Waals surface area (Å²) in [6.45, 7) is 8.39. The highest BCUT2D eigenvalue weighted by atomic mass is 16.5. The van der Waals surface area contributed by atoms with Crippen LogP contribution in [0.3, 0.4) is 0 Å². The molecule has 0 spiro atoms. The second kappa shape index (κ2) is 9.19. The molecule has 0 unspecified atom stereocenters. The molecule has 0 fully saturated rings. The van der Waals surface area contributed by atoms with E-state index in [0.717, 1.165) is 11.3 Å². The monoisotopic (exact) mass is 390 g/mol. The molecule has 3 aromatic rings. The molecule has 0 bridgehead atoms. The Kier molecular flexibility index (Phi) is 6.44. The van der Waals surface area contributed by atoms with Gasteiger partial charge in [0, 0.05) is 18.3 Å². The van der Waals surface area contributed by atoms with Crippen LogP contribution in [0, 0.1) is 13.8 Å². The van der Waals surface area contributed by atoms with E-state index in [1.54, 1.807) is 25.1 Å². The van der Waals surface area contributed by atoms with Crippen molar-refractivity contribution >= 4 is 17.4 Å². The summed E-state index contributed by atoms with van der Waals surface area (Å²) in [5.74, 6) is 1.63. The number of hydrogen-bond donors (Lipinski definition) is 2. The van der Waals surface area contributed by atoms with Crippen molar-refractivity contribution in [2.45, 2.75) is 40.3 Å². The average Bonchev–Trinajstić information content (AvgIpc) is 2.67. The third-order valence-corrected chi connectivity index (χ3v) is 4.11. The lowest BCUT2D eigenvalue weighted by molar-refractivity contribution is 0.102. The van der Waals surface area contributed by atoms with E-state index in [9.17, 15) is 4.79 Å². The fourth-order valence-corrected chi connectivity index (χ4v) is 2.87. The second-order valence-corrected chi connectivity index (χ2v) is 7.17. The normalized spacial score (nSPS) is 10.7. The van der Waals surface area contributed by atoms with Crippen molar-refractivity contribution in [2.24, 2.45) is 0 Å². The first-order valence-electron chi connectivity index (χ1n) is 9.62. The third kappa shape index (κ3) is 6.04. The van der Waals surface area contributed by atoms with Gasteiger partial charge >= 0.3 is 0 Å². The number of benzene rings is 2. The predicted molar refractivity (Wildman–Crippen MR) is 115 cm³/mol. The smallest absolute Gasteiger partial charge is 0.274 e. The Balaban J connectivity index is 1.67. The Bertz CT molecular complexity index is 984. The number of ether oxygens (including phenoxy) is 1.